The molecule has 0 unspecified atom stereocenters. The maximum absolute atomic E-state index is 11.0. The molecule has 112 valence electrons. The molecule has 0 aliphatic rings. The molecule has 0 radical (unpaired) electrons. The van der Waals surface area contributed by atoms with Crippen molar-refractivity contribution in [2.45, 2.75) is 6.54 Å². The summed E-state index contributed by atoms with van der Waals surface area (Å²) in [7, 11) is 0. The number of para-hydroxylation sites is 2. The average Bonchev–Trinajstić information content (AvgIpc) is 2.81. The lowest BCUT2D eigenvalue weighted by molar-refractivity contribution is 0.290. The molecule has 3 aromatic rings. The van der Waals surface area contributed by atoms with E-state index < -0.39 is 0 Å². The number of rotatable bonds is 5. The third kappa shape index (κ3) is 2.51. The summed E-state index contributed by atoms with van der Waals surface area (Å²) in [5, 5.41) is 14.1. The minimum atomic E-state index is -0.199. The van der Waals surface area contributed by atoms with E-state index in [0.717, 1.165) is 5.75 Å². The third-order valence-electron chi connectivity index (χ3n) is 3.40. The van der Waals surface area contributed by atoms with Crippen LogP contribution in [0.25, 0.3) is 10.9 Å². The Hall–Kier alpha value is -2.53. The molecule has 2 aromatic carbocycles. The van der Waals surface area contributed by atoms with Gasteiger partial charge in [-0.3, -0.25) is 0 Å². The zero-order valence-corrected chi connectivity index (χ0v) is 12.3. The van der Waals surface area contributed by atoms with Crippen LogP contribution in [0, 0.1) is 4.91 Å². The summed E-state index contributed by atoms with van der Waals surface area (Å²) >= 11 is 6.18. The predicted molar refractivity (Wildman–Crippen MR) is 86.0 cm³/mol. The number of halogens is 1. The number of aromatic nitrogens is 1. The van der Waals surface area contributed by atoms with Crippen LogP contribution in [0.3, 0.4) is 0 Å². The summed E-state index contributed by atoms with van der Waals surface area (Å²) in [5.41, 5.74) is 0.574. The van der Waals surface area contributed by atoms with Gasteiger partial charge in [0, 0.05) is 5.39 Å². The highest BCUT2D eigenvalue weighted by atomic mass is 35.5. The number of nitrogens with zero attached hydrogens (tertiary/aromatic N) is 2. The normalized spacial score (nSPS) is 10.8. The van der Waals surface area contributed by atoms with Crippen molar-refractivity contribution in [3.05, 3.63) is 58.5 Å². The highest BCUT2D eigenvalue weighted by Gasteiger charge is 2.19. The van der Waals surface area contributed by atoms with Crippen molar-refractivity contribution >= 4 is 28.2 Å². The van der Waals surface area contributed by atoms with E-state index in [1.807, 2.05) is 30.3 Å². The van der Waals surface area contributed by atoms with Crippen molar-refractivity contribution < 1.29 is 9.84 Å². The Kier molecular flexibility index (Phi) is 3.98. The molecule has 22 heavy (non-hydrogen) atoms. The monoisotopic (exact) mass is 316 g/mol. The van der Waals surface area contributed by atoms with Crippen molar-refractivity contribution in [3.8, 4) is 11.6 Å². The molecule has 6 heteroatoms. The molecular formula is C16H13ClN2O3. The second-order valence-electron chi connectivity index (χ2n) is 4.71. The van der Waals surface area contributed by atoms with Crippen LogP contribution in [-0.4, -0.2) is 16.3 Å². The Labute approximate surface area is 131 Å². The lowest BCUT2D eigenvalue weighted by Gasteiger charge is -2.09. The van der Waals surface area contributed by atoms with Gasteiger partial charge in [0.25, 0.3) is 0 Å². The standard InChI is InChI=1S/C16H13ClN2O3/c17-13-8-4-7-12-14(18-21)16(20)19(15(12)13)9-10-22-11-5-2-1-3-6-11/h1-8,20H,9-10H2. The van der Waals surface area contributed by atoms with Gasteiger partial charge in [-0.05, 0) is 23.4 Å². The number of fused-ring (bicyclic) bond motifs is 1. The Morgan fingerprint density at radius 3 is 2.64 bits per heavy atom. The van der Waals surface area contributed by atoms with Crippen molar-refractivity contribution in [1.82, 2.24) is 4.57 Å². The number of hydrogen-bond donors (Lipinski definition) is 1. The summed E-state index contributed by atoms with van der Waals surface area (Å²) < 4.78 is 7.15. The van der Waals surface area contributed by atoms with Crippen LogP contribution in [0.5, 0.6) is 11.6 Å². The zero-order valence-electron chi connectivity index (χ0n) is 11.6. The molecular weight excluding hydrogens is 304 g/mol. The van der Waals surface area contributed by atoms with Crippen LogP contribution >= 0.6 is 11.6 Å². The van der Waals surface area contributed by atoms with Gasteiger partial charge in [0.1, 0.15) is 12.4 Å². The molecule has 0 atom stereocenters. The number of nitroso groups, excluding NO2 is 1. The number of aromatic hydroxyl groups is 1. The molecule has 1 N–H and O–H groups in total. The molecule has 0 aliphatic heterocycles. The number of benzene rings is 2. The van der Waals surface area contributed by atoms with Crippen molar-refractivity contribution in [3.63, 3.8) is 0 Å². The maximum atomic E-state index is 11.0. The Morgan fingerprint density at radius 1 is 1.14 bits per heavy atom. The fraction of sp³-hybridized carbons (Fsp3) is 0.125. The first kappa shape index (κ1) is 14.4. The van der Waals surface area contributed by atoms with Gasteiger partial charge >= 0.3 is 0 Å². The quantitative estimate of drug-likeness (QED) is 0.706. The number of ether oxygens (including phenoxy) is 1. The van der Waals surface area contributed by atoms with Crippen LogP contribution < -0.4 is 4.74 Å². The van der Waals surface area contributed by atoms with Gasteiger partial charge in [0.15, 0.2) is 5.69 Å². The summed E-state index contributed by atoms with van der Waals surface area (Å²) in [6, 6.07) is 14.5. The van der Waals surface area contributed by atoms with Crippen LogP contribution in [0.1, 0.15) is 0 Å². The average molecular weight is 317 g/mol. The van der Waals surface area contributed by atoms with Crippen LogP contribution in [0.15, 0.2) is 53.7 Å². The highest BCUT2D eigenvalue weighted by molar-refractivity contribution is 6.35. The SMILES string of the molecule is O=Nc1c(O)n(CCOc2ccccc2)c2c(Cl)cccc12. The van der Waals surface area contributed by atoms with E-state index in [9.17, 15) is 10.0 Å². The topological polar surface area (TPSA) is 63.8 Å². The maximum Gasteiger partial charge on any atom is 0.222 e. The van der Waals surface area contributed by atoms with E-state index in [4.69, 9.17) is 16.3 Å². The molecule has 1 heterocycles. The molecule has 5 nitrogen and oxygen atoms in total. The Morgan fingerprint density at radius 2 is 1.91 bits per heavy atom. The first-order chi connectivity index (χ1) is 10.7. The molecule has 0 spiro atoms. The fourth-order valence-corrected chi connectivity index (χ4v) is 2.69. The lowest BCUT2D eigenvalue weighted by atomic mass is 10.2. The number of hydrogen-bond acceptors (Lipinski definition) is 4. The van der Waals surface area contributed by atoms with Gasteiger partial charge in [-0.25, -0.2) is 0 Å². The Bertz CT molecular complexity index is 815. The van der Waals surface area contributed by atoms with Gasteiger partial charge in [-0.2, -0.15) is 0 Å². The lowest BCUT2D eigenvalue weighted by Crippen LogP contribution is -2.07. The van der Waals surface area contributed by atoms with Crippen LogP contribution in [0.2, 0.25) is 5.02 Å². The van der Waals surface area contributed by atoms with E-state index >= 15 is 0 Å². The van der Waals surface area contributed by atoms with Gasteiger partial charge in [-0.15, -0.1) is 4.91 Å². The molecule has 0 aliphatic carbocycles. The zero-order chi connectivity index (χ0) is 15.5. The largest absolute Gasteiger partial charge is 0.493 e. The first-order valence-corrected chi connectivity index (χ1v) is 7.11. The molecule has 0 amide bonds. The van der Waals surface area contributed by atoms with E-state index in [-0.39, 0.29) is 11.6 Å². The third-order valence-corrected chi connectivity index (χ3v) is 3.70. The predicted octanol–water partition coefficient (Wildman–Crippen LogP) is 4.48. The summed E-state index contributed by atoms with van der Waals surface area (Å²) in [4.78, 5) is 11.0. The molecule has 0 saturated heterocycles. The summed E-state index contributed by atoms with van der Waals surface area (Å²) in [6.45, 7) is 0.668. The molecule has 3 rings (SSSR count). The smallest absolute Gasteiger partial charge is 0.222 e. The van der Waals surface area contributed by atoms with Gasteiger partial charge in [-0.1, -0.05) is 41.9 Å². The van der Waals surface area contributed by atoms with E-state index in [0.29, 0.717) is 29.1 Å². The molecule has 1 aromatic heterocycles. The fourth-order valence-electron chi connectivity index (χ4n) is 2.41. The van der Waals surface area contributed by atoms with Gasteiger partial charge in [0.2, 0.25) is 5.88 Å². The van der Waals surface area contributed by atoms with E-state index in [1.165, 1.54) is 4.57 Å². The van der Waals surface area contributed by atoms with E-state index in [2.05, 4.69) is 5.18 Å². The molecule has 0 saturated carbocycles. The second-order valence-corrected chi connectivity index (χ2v) is 5.12. The summed E-state index contributed by atoms with van der Waals surface area (Å²) in [5.74, 6) is 0.535. The van der Waals surface area contributed by atoms with Crippen LogP contribution in [-0.2, 0) is 6.54 Å². The highest BCUT2D eigenvalue weighted by Crippen LogP contribution is 2.41. The van der Waals surface area contributed by atoms with E-state index in [1.54, 1.807) is 18.2 Å². The molecule has 0 fully saturated rings. The minimum absolute atomic E-state index is 0.00258. The first-order valence-electron chi connectivity index (χ1n) is 6.73. The van der Waals surface area contributed by atoms with Crippen LogP contribution in [0.4, 0.5) is 5.69 Å². The van der Waals surface area contributed by atoms with Crippen molar-refractivity contribution in [1.29, 1.82) is 0 Å². The van der Waals surface area contributed by atoms with Gasteiger partial charge < -0.3 is 14.4 Å². The molecule has 0 bridgehead atoms. The van der Waals surface area contributed by atoms with Gasteiger partial charge in [0.05, 0.1) is 17.1 Å². The Balaban J connectivity index is 1.90. The minimum Gasteiger partial charge on any atom is -0.493 e. The van der Waals surface area contributed by atoms with Crippen molar-refractivity contribution in [2.75, 3.05) is 6.61 Å². The summed E-state index contributed by atoms with van der Waals surface area (Å²) in [6.07, 6.45) is 0. The second kappa shape index (κ2) is 6.07. The van der Waals surface area contributed by atoms with Crippen molar-refractivity contribution in [2.24, 2.45) is 5.18 Å².